The second-order valence-electron chi connectivity index (χ2n) is 6.52. The Bertz CT molecular complexity index is 703. The summed E-state index contributed by atoms with van der Waals surface area (Å²) in [5.74, 6) is 1.72. The minimum atomic E-state index is 0.199. The van der Waals surface area contributed by atoms with Gasteiger partial charge < -0.3 is 18.5 Å². The van der Waals surface area contributed by atoms with E-state index in [4.69, 9.17) is 13.6 Å². The van der Waals surface area contributed by atoms with E-state index in [0.717, 1.165) is 39.3 Å². The van der Waals surface area contributed by atoms with E-state index in [-0.39, 0.29) is 5.91 Å². The molecule has 2 aliphatic heterocycles. The molecule has 0 atom stereocenters. The van der Waals surface area contributed by atoms with Gasteiger partial charge in [-0.2, -0.15) is 0 Å². The quantitative estimate of drug-likeness (QED) is 0.752. The van der Waals surface area contributed by atoms with Crippen LogP contribution in [0, 0.1) is 0 Å². The van der Waals surface area contributed by atoms with Crippen molar-refractivity contribution in [2.45, 2.75) is 6.54 Å². The normalized spacial score (nSPS) is 19.8. The molecule has 2 aromatic rings. The molecule has 9 heteroatoms. The maximum absolute atomic E-state index is 12.4. The molecule has 2 aromatic heterocycles. The number of rotatable bonds is 5. The third kappa shape index (κ3) is 4.12. The number of furan rings is 1. The topological polar surface area (TPSA) is 88.1 Å². The van der Waals surface area contributed by atoms with E-state index in [9.17, 15) is 4.79 Å². The predicted octanol–water partition coefficient (Wildman–Crippen LogP) is 0.306. The van der Waals surface area contributed by atoms with E-state index in [2.05, 4.69) is 20.0 Å². The molecule has 4 heterocycles. The van der Waals surface area contributed by atoms with E-state index in [0.29, 0.717) is 43.8 Å². The maximum atomic E-state index is 12.4. The number of aromatic nitrogens is 2. The van der Waals surface area contributed by atoms with Gasteiger partial charge >= 0.3 is 0 Å². The molecular weight excluding hydrogens is 338 g/mol. The summed E-state index contributed by atoms with van der Waals surface area (Å²) in [6.07, 6.45) is 1.58. The molecule has 0 spiro atoms. The van der Waals surface area contributed by atoms with Crippen molar-refractivity contribution in [1.29, 1.82) is 0 Å². The number of morpholine rings is 1. The Morgan fingerprint density at radius 1 is 1.04 bits per heavy atom. The largest absolute Gasteiger partial charge is 0.459 e. The fourth-order valence-electron chi connectivity index (χ4n) is 3.21. The Kier molecular flexibility index (Phi) is 5.28. The van der Waals surface area contributed by atoms with Crippen LogP contribution in [-0.4, -0.2) is 89.8 Å². The Balaban J connectivity index is 1.24. The van der Waals surface area contributed by atoms with E-state index in [1.165, 1.54) is 0 Å². The van der Waals surface area contributed by atoms with Gasteiger partial charge in [-0.3, -0.25) is 14.6 Å². The maximum Gasteiger partial charge on any atom is 0.283 e. The van der Waals surface area contributed by atoms with Crippen LogP contribution >= 0.6 is 0 Å². The van der Waals surface area contributed by atoms with E-state index in [1.807, 2.05) is 4.90 Å². The van der Waals surface area contributed by atoms with Crippen LogP contribution in [0.1, 0.15) is 5.89 Å². The van der Waals surface area contributed by atoms with Crippen LogP contribution in [0.25, 0.3) is 11.7 Å². The van der Waals surface area contributed by atoms with Gasteiger partial charge in [-0.25, -0.2) is 0 Å². The summed E-state index contributed by atoms with van der Waals surface area (Å²) in [4.78, 5) is 18.8. The Labute approximate surface area is 151 Å². The zero-order chi connectivity index (χ0) is 17.8. The van der Waals surface area contributed by atoms with Crippen LogP contribution < -0.4 is 0 Å². The average Bonchev–Trinajstić information content (AvgIpc) is 3.35. The molecule has 0 unspecified atom stereocenters. The monoisotopic (exact) mass is 361 g/mol. The third-order valence-electron chi connectivity index (χ3n) is 4.75. The number of hydrogen-bond acceptors (Lipinski definition) is 8. The lowest BCUT2D eigenvalue weighted by molar-refractivity contribution is -0.135. The first-order chi connectivity index (χ1) is 12.8. The lowest BCUT2D eigenvalue weighted by Crippen LogP contribution is -2.52. The number of ether oxygens (including phenoxy) is 1. The number of hydrogen-bond donors (Lipinski definition) is 0. The SMILES string of the molecule is O=C(CN1CCOCC1)N1CCN(Cc2nnc(-c3ccco3)o2)CC1. The molecule has 2 aliphatic rings. The Hall–Kier alpha value is -2.23. The fourth-order valence-corrected chi connectivity index (χ4v) is 3.21. The van der Waals surface area contributed by atoms with Gasteiger partial charge in [0, 0.05) is 39.3 Å². The Morgan fingerprint density at radius 3 is 2.58 bits per heavy atom. The fraction of sp³-hybridized carbons (Fsp3) is 0.588. The zero-order valence-corrected chi connectivity index (χ0v) is 14.7. The van der Waals surface area contributed by atoms with Gasteiger partial charge in [-0.1, -0.05) is 0 Å². The van der Waals surface area contributed by atoms with Crippen molar-refractivity contribution >= 4 is 5.91 Å². The molecule has 0 radical (unpaired) electrons. The van der Waals surface area contributed by atoms with Crippen LogP contribution in [0.5, 0.6) is 0 Å². The second kappa shape index (κ2) is 7.98. The van der Waals surface area contributed by atoms with Gasteiger partial charge in [0.1, 0.15) is 0 Å². The van der Waals surface area contributed by atoms with E-state index < -0.39 is 0 Å². The third-order valence-corrected chi connectivity index (χ3v) is 4.75. The summed E-state index contributed by atoms with van der Waals surface area (Å²) in [7, 11) is 0. The molecule has 4 rings (SSSR count). The smallest absolute Gasteiger partial charge is 0.283 e. The van der Waals surface area contributed by atoms with Crippen molar-refractivity contribution in [3.63, 3.8) is 0 Å². The minimum Gasteiger partial charge on any atom is -0.459 e. The van der Waals surface area contributed by atoms with Gasteiger partial charge in [-0.05, 0) is 12.1 Å². The number of amides is 1. The minimum absolute atomic E-state index is 0.199. The van der Waals surface area contributed by atoms with Crippen LogP contribution in [0.15, 0.2) is 27.2 Å². The first-order valence-corrected chi connectivity index (χ1v) is 8.94. The molecular formula is C17H23N5O4. The molecule has 140 valence electrons. The van der Waals surface area contributed by atoms with Crippen LogP contribution in [-0.2, 0) is 16.1 Å². The predicted molar refractivity (Wildman–Crippen MR) is 91.1 cm³/mol. The summed E-state index contributed by atoms with van der Waals surface area (Å²) in [5, 5.41) is 8.10. The average molecular weight is 361 g/mol. The van der Waals surface area contributed by atoms with E-state index in [1.54, 1.807) is 18.4 Å². The molecule has 0 N–H and O–H groups in total. The van der Waals surface area contributed by atoms with Crippen LogP contribution in [0.2, 0.25) is 0 Å². The van der Waals surface area contributed by atoms with Gasteiger partial charge in [0.15, 0.2) is 5.76 Å². The van der Waals surface area contributed by atoms with Gasteiger partial charge in [-0.15, -0.1) is 10.2 Å². The summed E-state index contributed by atoms with van der Waals surface area (Å²) >= 11 is 0. The first kappa shape index (κ1) is 17.2. The lowest BCUT2D eigenvalue weighted by Gasteiger charge is -2.35. The number of piperazine rings is 1. The van der Waals surface area contributed by atoms with Crippen molar-refractivity contribution < 1.29 is 18.4 Å². The molecule has 2 saturated heterocycles. The van der Waals surface area contributed by atoms with Crippen molar-refractivity contribution in [1.82, 2.24) is 24.9 Å². The molecule has 0 aliphatic carbocycles. The van der Waals surface area contributed by atoms with Crippen molar-refractivity contribution in [2.75, 3.05) is 59.0 Å². The molecule has 2 fully saturated rings. The summed E-state index contributed by atoms with van der Waals surface area (Å²) < 4.78 is 16.2. The van der Waals surface area contributed by atoms with Crippen molar-refractivity contribution in [3.05, 3.63) is 24.3 Å². The molecule has 0 bridgehead atoms. The highest BCUT2D eigenvalue weighted by Gasteiger charge is 2.24. The molecule has 1 amide bonds. The van der Waals surface area contributed by atoms with Gasteiger partial charge in [0.2, 0.25) is 11.8 Å². The summed E-state index contributed by atoms with van der Waals surface area (Å²) in [6.45, 7) is 7.21. The first-order valence-electron chi connectivity index (χ1n) is 8.94. The number of carbonyl (C=O) groups excluding carboxylic acids is 1. The van der Waals surface area contributed by atoms with Crippen LogP contribution in [0.4, 0.5) is 0 Å². The number of nitrogens with zero attached hydrogens (tertiary/aromatic N) is 5. The van der Waals surface area contributed by atoms with Gasteiger partial charge in [0.05, 0.1) is 32.6 Å². The highest BCUT2D eigenvalue weighted by atomic mass is 16.5. The van der Waals surface area contributed by atoms with Crippen LogP contribution in [0.3, 0.4) is 0 Å². The summed E-state index contributed by atoms with van der Waals surface area (Å²) in [6, 6.07) is 3.57. The molecule has 0 aromatic carbocycles. The zero-order valence-electron chi connectivity index (χ0n) is 14.7. The molecule has 26 heavy (non-hydrogen) atoms. The van der Waals surface area contributed by atoms with Crippen molar-refractivity contribution in [3.8, 4) is 11.7 Å². The van der Waals surface area contributed by atoms with Crippen molar-refractivity contribution in [2.24, 2.45) is 0 Å². The van der Waals surface area contributed by atoms with Gasteiger partial charge in [0.25, 0.3) is 5.89 Å². The highest BCUT2D eigenvalue weighted by molar-refractivity contribution is 5.78. The Morgan fingerprint density at radius 2 is 1.85 bits per heavy atom. The number of carbonyl (C=O) groups is 1. The second-order valence-corrected chi connectivity index (χ2v) is 6.52. The standard InChI is InChI=1S/C17H23N5O4/c23-16(13-21-7-10-24-11-8-21)22-5-3-20(4-6-22)12-15-18-19-17(26-15)14-2-1-9-25-14/h1-2,9H,3-8,10-13H2. The summed E-state index contributed by atoms with van der Waals surface area (Å²) in [5.41, 5.74) is 0. The lowest BCUT2D eigenvalue weighted by atomic mass is 10.3. The van der Waals surface area contributed by atoms with E-state index >= 15 is 0 Å². The molecule has 9 nitrogen and oxygen atoms in total. The molecule has 0 saturated carbocycles. The highest BCUT2D eigenvalue weighted by Crippen LogP contribution is 2.18.